The fraction of sp³-hybridized carbons (Fsp3) is 0.462. The smallest absolute Gasteiger partial charge is 0.185 e. The molecule has 17 heavy (non-hydrogen) atoms. The molecule has 0 N–H and O–H groups in total. The van der Waals surface area contributed by atoms with E-state index in [9.17, 15) is 13.2 Å². The molecule has 94 valence electrons. The lowest BCUT2D eigenvalue weighted by Gasteiger charge is -2.16. The monoisotopic (exact) mass is 254 g/mol. The van der Waals surface area contributed by atoms with E-state index in [1.807, 2.05) is 13.0 Å². The van der Waals surface area contributed by atoms with Gasteiger partial charge in [0.15, 0.2) is 15.6 Å². The zero-order valence-corrected chi connectivity index (χ0v) is 11.5. The average Bonchev–Trinajstić information content (AvgIpc) is 2.15. The van der Waals surface area contributed by atoms with E-state index in [1.165, 1.54) is 6.07 Å². The maximum atomic E-state index is 12.0. The zero-order valence-electron chi connectivity index (χ0n) is 10.6. The van der Waals surface area contributed by atoms with Gasteiger partial charge < -0.3 is 0 Å². The Bertz CT molecular complexity index is 522. The van der Waals surface area contributed by atoms with Crippen LogP contribution in [0.3, 0.4) is 0 Å². The molecule has 3 nitrogen and oxygen atoms in total. The number of rotatable bonds is 3. The van der Waals surface area contributed by atoms with Crippen LogP contribution in [0.4, 0.5) is 0 Å². The van der Waals surface area contributed by atoms with Gasteiger partial charge in [0.25, 0.3) is 0 Å². The lowest BCUT2D eigenvalue weighted by atomic mass is 9.92. The third-order valence-electron chi connectivity index (χ3n) is 2.51. The maximum absolute atomic E-state index is 12.0. The molecule has 0 aliphatic heterocycles. The largest absolute Gasteiger partial charge is 0.298 e. The molecule has 0 aromatic heterocycles. The number of aryl methyl sites for hydroxylation is 1. The van der Waals surface area contributed by atoms with Gasteiger partial charge in [-0.2, -0.15) is 0 Å². The van der Waals surface area contributed by atoms with Crippen molar-refractivity contribution in [3.63, 3.8) is 0 Å². The summed E-state index contributed by atoms with van der Waals surface area (Å²) in [4.78, 5) is 12.0. The highest BCUT2D eigenvalue weighted by Crippen LogP contribution is 2.19. The summed E-state index contributed by atoms with van der Waals surface area (Å²) < 4.78 is 24.0. The van der Waals surface area contributed by atoms with Crippen LogP contribution in [0, 0.1) is 12.3 Å². The normalized spacial score (nSPS) is 12.5. The number of ketones is 1. The Hall–Kier alpha value is -1.16. The number of benzene rings is 1. The first-order valence-electron chi connectivity index (χ1n) is 5.46. The van der Waals surface area contributed by atoms with Crippen LogP contribution in [-0.2, 0) is 14.6 Å². The van der Waals surface area contributed by atoms with Gasteiger partial charge in [0.1, 0.15) is 5.75 Å². The summed E-state index contributed by atoms with van der Waals surface area (Å²) in [6.45, 7) is 6.99. The Labute approximate surface area is 103 Å². The molecule has 0 unspecified atom stereocenters. The number of hydrogen-bond acceptors (Lipinski definition) is 3. The molecule has 1 aromatic rings. The van der Waals surface area contributed by atoms with Gasteiger partial charge in [-0.1, -0.05) is 32.9 Å². The first kappa shape index (κ1) is 13.9. The Morgan fingerprint density at radius 3 is 2.29 bits per heavy atom. The van der Waals surface area contributed by atoms with E-state index in [0.717, 1.165) is 5.56 Å². The number of carbonyl (C=O) groups excluding carboxylic acids is 1. The van der Waals surface area contributed by atoms with Crippen molar-refractivity contribution in [2.24, 2.45) is 5.41 Å². The molecule has 0 aliphatic rings. The third kappa shape index (κ3) is 3.66. The molecule has 1 rings (SSSR count). The maximum Gasteiger partial charge on any atom is 0.185 e. The van der Waals surface area contributed by atoms with Gasteiger partial charge in [-0.25, -0.2) is 8.42 Å². The van der Waals surface area contributed by atoms with Crippen molar-refractivity contribution < 1.29 is 13.2 Å². The molecule has 0 amide bonds. The predicted molar refractivity (Wildman–Crippen MR) is 67.7 cm³/mol. The molecule has 0 spiro atoms. The second kappa shape index (κ2) is 4.61. The highest BCUT2D eigenvalue weighted by molar-refractivity contribution is 7.92. The van der Waals surface area contributed by atoms with Gasteiger partial charge in [0, 0.05) is 5.41 Å². The molecule has 0 fully saturated rings. The van der Waals surface area contributed by atoms with Gasteiger partial charge in [0.05, 0.1) is 4.90 Å². The summed E-state index contributed by atoms with van der Waals surface area (Å²) >= 11 is 0. The number of hydrogen-bond donors (Lipinski definition) is 0. The van der Waals surface area contributed by atoms with Crippen molar-refractivity contribution in [1.82, 2.24) is 0 Å². The van der Waals surface area contributed by atoms with Crippen LogP contribution in [0.1, 0.15) is 26.3 Å². The molecule has 0 aliphatic carbocycles. The summed E-state index contributed by atoms with van der Waals surface area (Å²) in [6.07, 6.45) is 0. The number of carbonyl (C=O) groups is 1. The molecule has 0 atom stereocenters. The summed E-state index contributed by atoms with van der Waals surface area (Å²) in [5.41, 5.74) is 0.242. The van der Waals surface area contributed by atoms with Crippen molar-refractivity contribution in [1.29, 1.82) is 0 Å². The van der Waals surface area contributed by atoms with E-state index in [1.54, 1.807) is 32.9 Å². The number of Topliss-reactive ketones (excluding diaryl/α,β-unsaturated/α-hetero) is 1. The van der Waals surface area contributed by atoms with Gasteiger partial charge >= 0.3 is 0 Å². The van der Waals surface area contributed by atoms with Gasteiger partial charge in [-0.3, -0.25) is 4.79 Å². The van der Waals surface area contributed by atoms with Crippen molar-refractivity contribution in [3.05, 3.63) is 29.8 Å². The first-order valence-corrected chi connectivity index (χ1v) is 7.11. The van der Waals surface area contributed by atoms with E-state index >= 15 is 0 Å². The van der Waals surface area contributed by atoms with Crippen LogP contribution in [0.2, 0.25) is 0 Å². The molecule has 0 heterocycles. The van der Waals surface area contributed by atoms with Gasteiger partial charge in [-0.15, -0.1) is 0 Å². The molecular formula is C13H18O3S. The molecular weight excluding hydrogens is 236 g/mol. The molecule has 0 bridgehead atoms. The molecule has 0 radical (unpaired) electrons. The van der Waals surface area contributed by atoms with Crippen LogP contribution >= 0.6 is 0 Å². The lowest BCUT2D eigenvalue weighted by molar-refractivity contribution is -0.123. The topological polar surface area (TPSA) is 51.2 Å². The number of sulfone groups is 1. The van der Waals surface area contributed by atoms with Crippen LogP contribution in [-0.4, -0.2) is 20.0 Å². The van der Waals surface area contributed by atoms with Crippen molar-refractivity contribution in [2.75, 3.05) is 5.75 Å². The van der Waals surface area contributed by atoms with E-state index in [4.69, 9.17) is 0 Å². The second-order valence-electron chi connectivity index (χ2n) is 5.25. The second-order valence-corrected chi connectivity index (χ2v) is 7.24. The highest BCUT2D eigenvalue weighted by Gasteiger charge is 2.27. The minimum atomic E-state index is -3.51. The Morgan fingerprint density at radius 2 is 1.82 bits per heavy atom. The Balaban J connectivity index is 3.02. The van der Waals surface area contributed by atoms with E-state index in [0.29, 0.717) is 0 Å². The zero-order chi connectivity index (χ0) is 13.3. The van der Waals surface area contributed by atoms with Gasteiger partial charge in [0.2, 0.25) is 0 Å². The van der Waals surface area contributed by atoms with Crippen LogP contribution < -0.4 is 0 Å². The molecule has 4 heteroatoms. The minimum Gasteiger partial charge on any atom is -0.298 e. The highest BCUT2D eigenvalue weighted by atomic mass is 32.2. The molecule has 0 saturated heterocycles. The standard InChI is InChI=1S/C13H18O3S/c1-10-6-5-7-11(8-10)17(15,16)9-12(14)13(2,3)4/h5-8H,9H2,1-4H3. The Morgan fingerprint density at radius 1 is 1.24 bits per heavy atom. The van der Waals surface area contributed by atoms with Crippen molar-refractivity contribution >= 4 is 15.6 Å². The molecule has 0 saturated carbocycles. The van der Waals surface area contributed by atoms with Crippen LogP contribution in [0.5, 0.6) is 0 Å². The average molecular weight is 254 g/mol. The van der Waals surface area contributed by atoms with Crippen LogP contribution in [0.25, 0.3) is 0 Å². The van der Waals surface area contributed by atoms with E-state index < -0.39 is 21.0 Å². The summed E-state index contributed by atoms with van der Waals surface area (Å²) in [6, 6.07) is 6.62. The minimum absolute atomic E-state index is 0.218. The Kier molecular flexibility index (Phi) is 3.77. The summed E-state index contributed by atoms with van der Waals surface area (Å²) in [5.74, 6) is -0.695. The summed E-state index contributed by atoms with van der Waals surface area (Å²) in [7, 11) is -3.51. The van der Waals surface area contributed by atoms with Crippen molar-refractivity contribution in [2.45, 2.75) is 32.6 Å². The van der Waals surface area contributed by atoms with E-state index in [2.05, 4.69) is 0 Å². The van der Waals surface area contributed by atoms with Crippen LogP contribution in [0.15, 0.2) is 29.2 Å². The third-order valence-corrected chi connectivity index (χ3v) is 4.12. The van der Waals surface area contributed by atoms with Gasteiger partial charge in [-0.05, 0) is 24.6 Å². The quantitative estimate of drug-likeness (QED) is 0.832. The predicted octanol–water partition coefficient (Wildman–Crippen LogP) is 2.38. The summed E-state index contributed by atoms with van der Waals surface area (Å²) in [5, 5.41) is 0. The van der Waals surface area contributed by atoms with E-state index in [-0.39, 0.29) is 10.7 Å². The fourth-order valence-electron chi connectivity index (χ4n) is 1.28. The van der Waals surface area contributed by atoms with Crippen molar-refractivity contribution in [3.8, 4) is 0 Å². The first-order chi connectivity index (χ1) is 7.63. The molecule has 1 aromatic carbocycles. The lowest BCUT2D eigenvalue weighted by Crippen LogP contribution is -2.28. The fourth-order valence-corrected chi connectivity index (χ4v) is 2.88. The SMILES string of the molecule is Cc1cccc(S(=O)(=O)CC(=O)C(C)(C)C)c1.